The minimum atomic E-state index is -0.525. The maximum absolute atomic E-state index is 12.4. The number of ether oxygens (including phenoxy) is 2. The molecule has 2 aromatic carbocycles. The van der Waals surface area contributed by atoms with E-state index >= 15 is 0 Å². The lowest BCUT2D eigenvalue weighted by Gasteiger charge is -2.33. The number of primary amides is 1. The van der Waals surface area contributed by atoms with Gasteiger partial charge in [-0.05, 0) is 82.1 Å². The van der Waals surface area contributed by atoms with E-state index in [9.17, 15) is 9.59 Å². The average Bonchev–Trinajstić information content (AvgIpc) is 2.89. The third-order valence-electron chi connectivity index (χ3n) is 5.85. The molecule has 4 rings (SSSR count). The fourth-order valence-corrected chi connectivity index (χ4v) is 4.11. The van der Waals surface area contributed by atoms with E-state index in [0.717, 1.165) is 29.8 Å². The largest absolute Gasteiger partial charge is 0.457 e. The molecule has 1 aliphatic heterocycles. The Labute approximate surface area is 219 Å². The van der Waals surface area contributed by atoms with Crippen LogP contribution in [0.2, 0.25) is 0 Å². The zero-order valence-electron chi connectivity index (χ0n) is 22.4. The molecule has 0 aliphatic carbocycles. The second-order valence-corrected chi connectivity index (χ2v) is 9.68. The maximum atomic E-state index is 12.4. The highest BCUT2D eigenvalue weighted by Gasteiger charge is 2.28. The molecule has 0 spiro atoms. The lowest BCUT2D eigenvalue weighted by Crippen LogP contribution is -2.41. The van der Waals surface area contributed by atoms with Gasteiger partial charge in [0.2, 0.25) is 0 Å². The second-order valence-electron chi connectivity index (χ2n) is 9.68. The van der Waals surface area contributed by atoms with Crippen molar-refractivity contribution in [3.05, 3.63) is 78.0 Å². The Morgan fingerprint density at radius 2 is 1.49 bits per heavy atom. The summed E-state index contributed by atoms with van der Waals surface area (Å²) >= 11 is 0. The summed E-state index contributed by atoms with van der Waals surface area (Å²) in [7, 11) is 0. The zero-order valence-corrected chi connectivity index (χ0v) is 22.4. The van der Waals surface area contributed by atoms with Crippen molar-refractivity contribution in [3.63, 3.8) is 0 Å². The lowest BCUT2D eigenvalue weighted by atomic mass is 9.92. The Bertz CT molecular complexity index is 1180. The van der Waals surface area contributed by atoms with Crippen LogP contribution < -0.4 is 10.5 Å². The molecule has 0 atom stereocenters. The molecular formula is C30H37N3O4. The van der Waals surface area contributed by atoms with Crippen LogP contribution >= 0.6 is 0 Å². The number of nitrogens with two attached hydrogens (primary N) is 1. The Kier molecular flexibility index (Phi) is 9.28. The van der Waals surface area contributed by atoms with Crippen molar-refractivity contribution in [1.29, 1.82) is 0 Å². The van der Waals surface area contributed by atoms with E-state index in [1.807, 2.05) is 95.3 Å². The van der Waals surface area contributed by atoms with E-state index in [2.05, 4.69) is 0 Å². The number of benzene rings is 2. The maximum Gasteiger partial charge on any atom is 0.410 e. The van der Waals surface area contributed by atoms with Gasteiger partial charge in [-0.2, -0.15) is 0 Å². The molecule has 0 unspecified atom stereocenters. The molecule has 0 radical (unpaired) electrons. The number of carbonyl (C=O) groups is 2. The number of hydrogen-bond donors (Lipinski definition) is 1. The van der Waals surface area contributed by atoms with Crippen molar-refractivity contribution < 1.29 is 19.1 Å². The van der Waals surface area contributed by atoms with Gasteiger partial charge in [0.05, 0.1) is 11.3 Å². The fraction of sp³-hybridized carbons (Fsp3) is 0.367. The molecule has 37 heavy (non-hydrogen) atoms. The first-order chi connectivity index (χ1) is 17.7. The molecule has 2 amide bonds. The quantitative estimate of drug-likeness (QED) is 0.414. The molecule has 196 valence electrons. The van der Waals surface area contributed by atoms with Gasteiger partial charge in [-0.1, -0.05) is 32.0 Å². The zero-order chi connectivity index (χ0) is 27.0. The van der Waals surface area contributed by atoms with Crippen LogP contribution in [-0.2, 0) is 4.74 Å². The SMILES string of the molecule is CC.CC(C)(C)OC(=O)N1CCC(c2ccc(C(N)=O)c(-c3ccc(Oc4ccccc4)cc3)n2)CC1. The van der Waals surface area contributed by atoms with Crippen molar-refractivity contribution in [2.45, 2.75) is 59.0 Å². The monoisotopic (exact) mass is 503 g/mol. The third-order valence-corrected chi connectivity index (χ3v) is 5.85. The van der Waals surface area contributed by atoms with Gasteiger partial charge >= 0.3 is 6.09 Å². The summed E-state index contributed by atoms with van der Waals surface area (Å²) in [5.74, 6) is 1.08. The van der Waals surface area contributed by atoms with Gasteiger partial charge in [-0.15, -0.1) is 0 Å². The fourth-order valence-electron chi connectivity index (χ4n) is 4.11. The summed E-state index contributed by atoms with van der Waals surface area (Å²) in [6, 6.07) is 20.6. The van der Waals surface area contributed by atoms with Gasteiger partial charge < -0.3 is 20.1 Å². The van der Waals surface area contributed by atoms with Crippen LogP contribution in [0.4, 0.5) is 4.79 Å². The Morgan fingerprint density at radius 1 is 0.892 bits per heavy atom. The lowest BCUT2D eigenvalue weighted by molar-refractivity contribution is 0.0204. The molecular weight excluding hydrogens is 466 g/mol. The molecule has 1 aromatic heterocycles. The highest BCUT2D eigenvalue weighted by molar-refractivity contribution is 5.98. The van der Waals surface area contributed by atoms with Crippen LogP contribution in [0, 0.1) is 0 Å². The van der Waals surface area contributed by atoms with Crippen molar-refractivity contribution in [2.75, 3.05) is 13.1 Å². The van der Waals surface area contributed by atoms with Gasteiger partial charge in [0.1, 0.15) is 17.1 Å². The van der Waals surface area contributed by atoms with Gasteiger partial charge in [0.25, 0.3) is 5.91 Å². The van der Waals surface area contributed by atoms with Crippen LogP contribution in [0.3, 0.4) is 0 Å². The van der Waals surface area contributed by atoms with Gasteiger partial charge in [0, 0.05) is 30.3 Å². The summed E-state index contributed by atoms with van der Waals surface area (Å²) < 4.78 is 11.4. The van der Waals surface area contributed by atoms with E-state index < -0.39 is 11.5 Å². The topological polar surface area (TPSA) is 94.8 Å². The highest BCUT2D eigenvalue weighted by Crippen LogP contribution is 2.32. The summed E-state index contributed by atoms with van der Waals surface area (Å²) in [6.07, 6.45) is 1.25. The van der Waals surface area contributed by atoms with E-state index in [-0.39, 0.29) is 12.0 Å². The number of piperidine rings is 1. The summed E-state index contributed by atoms with van der Waals surface area (Å²) in [5.41, 5.74) is 7.73. The van der Waals surface area contributed by atoms with Gasteiger partial charge in [0.15, 0.2) is 0 Å². The Balaban J connectivity index is 0.00000186. The number of aromatic nitrogens is 1. The Hall–Kier alpha value is -3.87. The molecule has 7 heteroatoms. The van der Waals surface area contributed by atoms with Crippen molar-refractivity contribution >= 4 is 12.0 Å². The molecule has 1 saturated heterocycles. The van der Waals surface area contributed by atoms with E-state index in [1.54, 1.807) is 11.0 Å². The molecule has 7 nitrogen and oxygen atoms in total. The minimum Gasteiger partial charge on any atom is -0.457 e. The molecule has 1 fully saturated rings. The van der Waals surface area contributed by atoms with Crippen LogP contribution in [-0.4, -0.2) is 40.6 Å². The molecule has 0 bridgehead atoms. The van der Waals surface area contributed by atoms with Crippen molar-refractivity contribution in [2.24, 2.45) is 5.73 Å². The standard InChI is InChI=1S/C28H31N3O4.C2H6/c1-28(2,3)35-27(33)31-17-15-19(16-18-31)24-14-13-23(26(29)32)25(30-24)20-9-11-22(12-10-20)34-21-7-5-4-6-8-21;1-2/h4-14,19H,15-18H2,1-3H3,(H2,29,32);1-2H3. The first kappa shape index (κ1) is 27.7. The minimum absolute atomic E-state index is 0.176. The number of rotatable bonds is 5. The number of pyridine rings is 1. The molecule has 0 saturated carbocycles. The number of nitrogens with zero attached hydrogens (tertiary/aromatic N) is 2. The average molecular weight is 504 g/mol. The first-order valence-electron chi connectivity index (χ1n) is 12.8. The summed E-state index contributed by atoms with van der Waals surface area (Å²) in [6.45, 7) is 10.8. The number of para-hydroxylation sites is 1. The number of hydrogen-bond acceptors (Lipinski definition) is 5. The first-order valence-corrected chi connectivity index (χ1v) is 12.8. The number of amides is 2. The molecule has 2 N–H and O–H groups in total. The highest BCUT2D eigenvalue weighted by atomic mass is 16.6. The summed E-state index contributed by atoms with van der Waals surface area (Å²) in [4.78, 5) is 31.1. The van der Waals surface area contributed by atoms with Crippen molar-refractivity contribution in [1.82, 2.24) is 9.88 Å². The second kappa shape index (κ2) is 12.4. The van der Waals surface area contributed by atoms with Crippen LogP contribution in [0.25, 0.3) is 11.3 Å². The van der Waals surface area contributed by atoms with E-state index in [4.69, 9.17) is 20.2 Å². The van der Waals surface area contributed by atoms with E-state index in [0.29, 0.717) is 30.1 Å². The summed E-state index contributed by atoms with van der Waals surface area (Å²) in [5, 5.41) is 0. The Morgan fingerprint density at radius 3 is 2.05 bits per heavy atom. The van der Waals surface area contributed by atoms with Crippen LogP contribution in [0.15, 0.2) is 66.7 Å². The van der Waals surface area contributed by atoms with Gasteiger partial charge in [-0.3, -0.25) is 9.78 Å². The number of carbonyl (C=O) groups excluding carboxylic acids is 2. The van der Waals surface area contributed by atoms with Crippen molar-refractivity contribution in [3.8, 4) is 22.8 Å². The number of likely N-dealkylation sites (tertiary alicyclic amines) is 1. The van der Waals surface area contributed by atoms with E-state index in [1.165, 1.54) is 0 Å². The predicted molar refractivity (Wildman–Crippen MR) is 146 cm³/mol. The molecule has 3 aromatic rings. The van der Waals surface area contributed by atoms with Crippen LogP contribution in [0.1, 0.15) is 69.4 Å². The predicted octanol–water partition coefficient (Wildman–Crippen LogP) is 6.78. The van der Waals surface area contributed by atoms with Crippen LogP contribution in [0.5, 0.6) is 11.5 Å². The normalized spacial score (nSPS) is 13.8. The molecule has 2 heterocycles. The van der Waals surface area contributed by atoms with Gasteiger partial charge in [-0.25, -0.2) is 4.79 Å². The third kappa shape index (κ3) is 7.56. The molecule has 1 aliphatic rings. The smallest absolute Gasteiger partial charge is 0.410 e.